The maximum atomic E-state index is 13.6. The Morgan fingerprint density at radius 1 is 1.00 bits per heavy atom. The van der Waals surface area contributed by atoms with Gasteiger partial charge >= 0.3 is 0 Å². The number of methoxy groups -OCH3 is 2. The summed E-state index contributed by atoms with van der Waals surface area (Å²) in [5.41, 5.74) is 2.22. The molecule has 1 saturated heterocycles. The van der Waals surface area contributed by atoms with Gasteiger partial charge in [0.25, 0.3) is 0 Å². The standard InChI is InChI=1S/C22H28FN3O3/c1-16-4-6-18(13-19(16)23)24-22(27)15-26-10-8-25(9-11-26)14-17-5-7-20(28-2)21(12-17)29-3/h4-7,12-13H,8-11,14-15H2,1-3H3,(H,24,27). The predicted octanol–water partition coefficient (Wildman–Crippen LogP) is 2.91. The normalized spacial score (nSPS) is 15.2. The number of rotatable bonds is 7. The van der Waals surface area contributed by atoms with Gasteiger partial charge in [-0.3, -0.25) is 14.6 Å². The van der Waals surface area contributed by atoms with E-state index in [4.69, 9.17) is 9.47 Å². The van der Waals surface area contributed by atoms with E-state index in [9.17, 15) is 9.18 Å². The fourth-order valence-electron chi connectivity index (χ4n) is 3.42. The Morgan fingerprint density at radius 2 is 1.69 bits per heavy atom. The topological polar surface area (TPSA) is 54.0 Å². The minimum absolute atomic E-state index is 0.124. The molecule has 156 valence electrons. The molecule has 1 fully saturated rings. The molecule has 1 N–H and O–H groups in total. The van der Waals surface area contributed by atoms with Gasteiger partial charge in [-0.1, -0.05) is 12.1 Å². The van der Waals surface area contributed by atoms with E-state index < -0.39 is 0 Å². The molecule has 7 heteroatoms. The molecule has 0 bridgehead atoms. The van der Waals surface area contributed by atoms with Crippen LogP contribution < -0.4 is 14.8 Å². The SMILES string of the molecule is COc1ccc(CN2CCN(CC(=O)Nc3ccc(C)c(F)c3)CC2)cc1OC. The Hall–Kier alpha value is -2.64. The molecule has 2 aromatic carbocycles. The second kappa shape index (κ2) is 9.71. The van der Waals surface area contributed by atoms with Gasteiger partial charge in [-0.2, -0.15) is 0 Å². The van der Waals surface area contributed by atoms with Gasteiger partial charge in [0.1, 0.15) is 5.82 Å². The number of anilines is 1. The number of carbonyl (C=O) groups is 1. The first-order chi connectivity index (χ1) is 14.0. The Bertz CT molecular complexity index is 851. The number of benzene rings is 2. The van der Waals surface area contributed by atoms with Crippen LogP contribution >= 0.6 is 0 Å². The molecule has 0 spiro atoms. The quantitative estimate of drug-likeness (QED) is 0.773. The summed E-state index contributed by atoms with van der Waals surface area (Å²) in [5.74, 6) is 1.02. The zero-order valence-electron chi connectivity index (χ0n) is 17.2. The van der Waals surface area contributed by atoms with Gasteiger partial charge in [0.05, 0.1) is 20.8 Å². The van der Waals surface area contributed by atoms with E-state index in [0.717, 1.165) is 49.8 Å². The van der Waals surface area contributed by atoms with Crippen molar-refractivity contribution in [2.24, 2.45) is 0 Å². The van der Waals surface area contributed by atoms with Gasteiger partial charge in [-0.25, -0.2) is 4.39 Å². The molecule has 0 aromatic heterocycles. The van der Waals surface area contributed by atoms with E-state index in [2.05, 4.69) is 15.1 Å². The maximum Gasteiger partial charge on any atom is 0.238 e. The highest BCUT2D eigenvalue weighted by Crippen LogP contribution is 2.28. The Morgan fingerprint density at radius 3 is 2.34 bits per heavy atom. The van der Waals surface area contributed by atoms with Crippen LogP contribution in [0.3, 0.4) is 0 Å². The van der Waals surface area contributed by atoms with Gasteiger partial charge < -0.3 is 14.8 Å². The van der Waals surface area contributed by atoms with Crippen molar-refractivity contribution in [3.8, 4) is 11.5 Å². The molecule has 6 nitrogen and oxygen atoms in total. The number of halogens is 1. The van der Waals surface area contributed by atoms with E-state index in [1.807, 2.05) is 18.2 Å². The molecule has 1 aliphatic rings. The second-order valence-corrected chi connectivity index (χ2v) is 7.25. The summed E-state index contributed by atoms with van der Waals surface area (Å²) in [6.45, 7) is 6.19. The lowest BCUT2D eigenvalue weighted by atomic mass is 10.1. The number of carbonyl (C=O) groups excluding carboxylic acids is 1. The van der Waals surface area contributed by atoms with Crippen LogP contribution in [0.25, 0.3) is 0 Å². The van der Waals surface area contributed by atoms with Crippen LogP contribution in [0.1, 0.15) is 11.1 Å². The monoisotopic (exact) mass is 401 g/mol. The Balaban J connectivity index is 1.46. The summed E-state index contributed by atoms with van der Waals surface area (Å²) in [4.78, 5) is 16.7. The molecule has 0 unspecified atom stereocenters. The van der Waals surface area contributed by atoms with Crippen LogP contribution in [0.5, 0.6) is 11.5 Å². The third-order valence-corrected chi connectivity index (χ3v) is 5.14. The van der Waals surface area contributed by atoms with Crippen LogP contribution in [-0.4, -0.2) is 62.7 Å². The van der Waals surface area contributed by atoms with Gasteiger partial charge in [-0.15, -0.1) is 0 Å². The highest BCUT2D eigenvalue weighted by molar-refractivity contribution is 5.92. The smallest absolute Gasteiger partial charge is 0.238 e. The molecule has 0 atom stereocenters. The fourth-order valence-corrected chi connectivity index (χ4v) is 3.42. The molecule has 0 aliphatic carbocycles. The molecule has 2 aromatic rings. The molecule has 1 aliphatic heterocycles. The van der Waals surface area contributed by atoms with E-state index in [1.54, 1.807) is 33.3 Å². The Labute approximate surface area is 171 Å². The zero-order valence-corrected chi connectivity index (χ0v) is 17.2. The maximum absolute atomic E-state index is 13.6. The molecule has 1 amide bonds. The van der Waals surface area contributed by atoms with Crippen molar-refractivity contribution in [2.45, 2.75) is 13.5 Å². The van der Waals surface area contributed by atoms with Crippen LogP contribution in [0, 0.1) is 12.7 Å². The summed E-state index contributed by atoms with van der Waals surface area (Å²) >= 11 is 0. The summed E-state index contributed by atoms with van der Waals surface area (Å²) in [6.07, 6.45) is 0. The highest BCUT2D eigenvalue weighted by Gasteiger charge is 2.19. The van der Waals surface area contributed by atoms with Crippen LogP contribution in [0.2, 0.25) is 0 Å². The van der Waals surface area contributed by atoms with E-state index in [-0.39, 0.29) is 11.7 Å². The van der Waals surface area contributed by atoms with Crippen molar-refractivity contribution < 1.29 is 18.7 Å². The van der Waals surface area contributed by atoms with Gasteiger partial charge in [0, 0.05) is 38.4 Å². The summed E-state index contributed by atoms with van der Waals surface area (Å²) < 4.78 is 24.3. The number of amides is 1. The van der Waals surface area contributed by atoms with Crippen molar-refractivity contribution in [2.75, 3.05) is 52.3 Å². The minimum Gasteiger partial charge on any atom is -0.493 e. The molecule has 1 heterocycles. The van der Waals surface area contributed by atoms with Gasteiger partial charge in [0.2, 0.25) is 5.91 Å². The molecular weight excluding hydrogens is 373 g/mol. The molecule has 29 heavy (non-hydrogen) atoms. The number of aryl methyl sites for hydroxylation is 1. The molecule has 0 saturated carbocycles. The number of piperazine rings is 1. The van der Waals surface area contributed by atoms with E-state index in [0.29, 0.717) is 17.8 Å². The zero-order chi connectivity index (χ0) is 20.8. The first-order valence-electron chi connectivity index (χ1n) is 9.70. The summed E-state index contributed by atoms with van der Waals surface area (Å²) in [7, 11) is 3.26. The van der Waals surface area contributed by atoms with Crippen molar-refractivity contribution in [3.05, 3.63) is 53.3 Å². The van der Waals surface area contributed by atoms with Crippen molar-refractivity contribution in [1.29, 1.82) is 0 Å². The average Bonchev–Trinajstić information content (AvgIpc) is 2.72. The number of hydrogen-bond acceptors (Lipinski definition) is 5. The summed E-state index contributed by atoms with van der Waals surface area (Å²) in [5, 5.41) is 2.77. The van der Waals surface area contributed by atoms with E-state index in [1.165, 1.54) is 6.07 Å². The minimum atomic E-state index is -0.313. The van der Waals surface area contributed by atoms with Crippen molar-refractivity contribution >= 4 is 11.6 Å². The van der Waals surface area contributed by atoms with E-state index >= 15 is 0 Å². The average molecular weight is 401 g/mol. The molecule has 0 radical (unpaired) electrons. The third kappa shape index (κ3) is 5.68. The largest absolute Gasteiger partial charge is 0.493 e. The fraction of sp³-hybridized carbons (Fsp3) is 0.409. The van der Waals surface area contributed by atoms with Gasteiger partial charge in [0.15, 0.2) is 11.5 Å². The molecular formula is C22H28FN3O3. The van der Waals surface area contributed by atoms with Gasteiger partial charge in [-0.05, 0) is 42.3 Å². The third-order valence-electron chi connectivity index (χ3n) is 5.14. The lowest BCUT2D eigenvalue weighted by Gasteiger charge is -2.34. The molecule has 3 rings (SSSR count). The van der Waals surface area contributed by atoms with Crippen LogP contribution in [-0.2, 0) is 11.3 Å². The first kappa shape index (κ1) is 21.1. The number of nitrogens with one attached hydrogen (secondary N) is 1. The first-order valence-corrected chi connectivity index (χ1v) is 9.70. The van der Waals surface area contributed by atoms with Crippen LogP contribution in [0.4, 0.5) is 10.1 Å². The predicted molar refractivity (Wildman–Crippen MR) is 111 cm³/mol. The second-order valence-electron chi connectivity index (χ2n) is 7.25. The van der Waals surface area contributed by atoms with Crippen molar-refractivity contribution in [1.82, 2.24) is 9.80 Å². The lowest BCUT2D eigenvalue weighted by molar-refractivity contribution is -0.117. The van der Waals surface area contributed by atoms with Crippen LogP contribution in [0.15, 0.2) is 36.4 Å². The summed E-state index contributed by atoms with van der Waals surface area (Å²) in [6, 6.07) is 10.7. The number of ether oxygens (including phenoxy) is 2. The Kier molecular flexibility index (Phi) is 7.06. The van der Waals surface area contributed by atoms with Crippen molar-refractivity contribution in [3.63, 3.8) is 0 Å². The lowest BCUT2D eigenvalue weighted by Crippen LogP contribution is -2.48. The highest BCUT2D eigenvalue weighted by atomic mass is 19.1. The number of hydrogen-bond donors (Lipinski definition) is 1. The number of nitrogens with zero attached hydrogens (tertiary/aromatic N) is 2.